The molecule has 0 saturated carbocycles. The lowest BCUT2D eigenvalue weighted by Gasteiger charge is -2.13. The van der Waals surface area contributed by atoms with Gasteiger partial charge in [-0.2, -0.15) is 0 Å². The average molecular weight is 173 g/mol. The summed E-state index contributed by atoms with van der Waals surface area (Å²) in [7, 11) is 0. The van der Waals surface area contributed by atoms with Crippen LogP contribution in [0, 0.1) is 0 Å². The van der Waals surface area contributed by atoms with Gasteiger partial charge in [0.25, 0.3) is 0 Å². The Morgan fingerprint density at radius 3 is 2.45 bits per heavy atom. The Kier molecular flexibility index (Phi) is 2.23. The summed E-state index contributed by atoms with van der Waals surface area (Å²) in [6.45, 7) is 6.34. The normalized spacial score (nSPS) is 12.0. The summed E-state index contributed by atoms with van der Waals surface area (Å²) in [6.07, 6.45) is 1.79. The summed E-state index contributed by atoms with van der Waals surface area (Å²) >= 11 is 5.62. The Hall–Kier alpha value is -0.500. The number of aromatic nitrogens is 2. The second kappa shape index (κ2) is 2.86. The summed E-state index contributed by atoms with van der Waals surface area (Å²) in [5.41, 5.74) is 1.07. The molecule has 0 bridgehead atoms. The van der Waals surface area contributed by atoms with Gasteiger partial charge < -0.3 is 4.98 Å². The molecule has 1 N–H and O–H groups in total. The van der Waals surface area contributed by atoms with Gasteiger partial charge in [-0.1, -0.05) is 20.8 Å². The fraction of sp³-hybridized carbons (Fsp3) is 0.625. The highest BCUT2D eigenvalue weighted by atomic mass is 35.5. The van der Waals surface area contributed by atoms with E-state index in [2.05, 4.69) is 30.7 Å². The lowest BCUT2D eigenvalue weighted by Crippen LogP contribution is -2.13. The van der Waals surface area contributed by atoms with E-state index in [4.69, 9.17) is 11.6 Å². The van der Waals surface area contributed by atoms with Crippen molar-refractivity contribution in [2.45, 2.75) is 32.1 Å². The molecule has 2 nitrogen and oxygen atoms in total. The molecule has 1 rings (SSSR count). The van der Waals surface area contributed by atoms with Crippen LogP contribution in [0.5, 0.6) is 0 Å². The van der Waals surface area contributed by atoms with Crippen LogP contribution in [-0.4, -0.2) is 9.97 Å². The number of H-pyrrole nitrogens is 1. The van der Waals surface area contributed by atoms with Gasteiger partial charge in [0.2, 0.25) is 0 Å². The first-order chi connectivity index (χ1) is 5.04. The molecule has 11 heavy (non-hydrogen) atoms. The van der Waals surface area contributed by atoms with Crippen LogP contribution < -0.4 is 0 Å². The first-order valence-corrected chi connectivity index (χ1v) is 4.18. The molecule has 1 aromatic rings. The lowest BCUT2D eigenvalue weighted by atomic mass is 9.96. The number of alkyl halides is 1. The number of hydrogen-bond acceptors (Lipinski definition) is 1. The molecular formula is C8H13ClN2. The molecule has 0 radical (unpaired) electrons. The summed E-state index contributed by atoms with van der Waals surface area (Å²) < 4.78 is 0. The van der Waals surface area contributed by atoms with Crippen LogP contribution in [0.4, 0.5) is 0 Å². The Morgan fingerprint density at radius 1 is 1.55 bits per heavy atom. The van der Waals surface area contributed by atoms with E-state index in [9.17, 15) is 0 Å². The zero-order chi connectivity index (χ0) is 8.48. The van der Waals surface area contributed by atoms with Gasteiger partial charge >= 0.3 is 0 Å². The predicted molar refractivity (Wildman–Crippen MR) is 46.8 cm³/mol. The zero-order valence-electron chi connectivity index (χ0n) is 7.11. The van der Waals surface area contributed by atoms with E-state index in [1.165, 1.54) is 0 Å². The smallest absolute Gasteiger partial charge is 0.111 e. The summed E-state index contributed by atoms with van der Waals surface area (Å²) in [6, 6.07) is 0. The Bertz CT molecular complexity index is 234. The van der Waals surface area contributed by atoms with Crippen LogP contribution in [-0.2, 0) is 11.3 Å². The van der Waals surface area contributed by atoms with E-state index >= 15 is 0 Å². The summed E-state index contributed by atoms with van der Waals surface area (Å²) in [5, 5.41) is 0. The van der Waals surface area contributed by atoms with Gasteiger partial charge in [0, 0.05) is 17.3 Å². The minimum atomic E-state index is 0.0876. The fourth-order valence-electron chi connectivity index (χ4n) is 0.808. The summed E-state index contributed by atoms with van der Waals surface area (Å²) in [4.78, 5) is 7.38. The van der Waals surface area contributed by atoms with E-state index in [1.54, 1.807) is 6.20 Å². The van der Waals surface area contributed by atoms with Gasteiger partial charge in [-0.3, -0.25) is 0 Å². The number of nitrogens with zero attached hydrogens (tertiary/aromatic N) is 1. The minimum absolute atomic E-state index is 0.0876. The van der Waals surface area contributed by atoms with Crippen LogP contribution in [0.15, 0.2) is 6.20 Å². The molecule has 0 aliphatic rings. The minimum Gasteiger partial charge on any atom is -0.344 e. The molecule has 0 aliphatic carbocycles. The van der Waals surface area contributed by atoms with Crippen LogP contribution in [0.1, 0.15) is 32.3 Å². The standard InChI is InChI=1S/C8H13ClN2/c1-8(2,3)7-10-5-6(4-9)11-7/h5H,4H2,1-3H3,(H,10,11). The Labute approximate surface area is 72.0 Å². The predicted octanol–water partition coefficient (Wildman–Crippen LogP) is 2.45. The molecule has 62 valence electrons. The molecule has 1 aromatic heterocycles. The third kappa shape index (κ3) is 1.96. The van der Waals surface area contributed by atoms with Crippen molar-refractivity contribution in [2.24, 2.45) is 0 Å². The number of nitrogens with one attached hydrogen (secondary N) is 1. The number of imidazole rings is 1. The second-order valence-corrected chi connectivity index (χ2v) is 3.91. The maximum absolute atomic E-state index is 5.62. The molecule has 3 heteroatoms. The molecule has 0 aliphatic heterocycles. The average Bonchev–Trinajstić information content (AvgIpc) is 2.32. The van der Waals surface area contributed by atoms with Crippen molar-refractivity contribution in [3.05, 3.63) is 17.7 Å². The SMILES string of the molecule is CC(C)(C)c1ncc(CCl)[nH]1. The number of halogens is 1. The van der Waals surface area contributed by atoms with Crippen LogP contribution in [0.25, 0.3) is 0 Å². The highest BCUT2D eigenvalue weighted by molar-refractivity contribution is 6.16. The first kappa shape index (κ1) is 8.60. The van der Waals surface area contributed by atoms with Gasteiger partial charge in [-0.05, 0) is 0 Å². The van der Waals surface area contributed by atoms with E-state index in [-0.39, 0.29) is 5.41 Å². The van der Waals surface area contributed by atoms with Crippen molar-refractivity contribution < 1.29 is 0 Å². The Morgan fingerprint density at radius 2 is 2.18 bits per heavy atom. The maximum Gasteiger partial charge on any atom is 0.111 e. The maximum atomic E-state index is 5.62. The van der Waals surface area contributed by atoms with Crippen molar-refractivity contribution in [3.8, 4) is 0 Å². The van der Waals surface area contributed by atoms with Crippen LogP contribution in [0.3, 0.4) is 0 Å². The molecule has 0 atom stereocenters. The highest BCUT2D eigenvalue weighted by Gasteiger charge is 2.16. The van der Waals surface area contributed by atoms with Gasteiger partial charge in [0.1, 0.15) is 5.82 Å². The molecule has 0 amide bonds. The quantitative estimate of drug-likeness (QED) is 0.648. The third-order valence-electron chi connectivity index (χ3n) is 1.48. The van der Waals surface area contributed by atoms with Crippen molar-refractivity contribution in [1.82, 2.24) is 9.97 Å². The molecule has 0 unspecified atom stereocenters. The van der Waals surface area contributed by atoms with Gasteiger partial charge in [-0.25, -0.2) is 4.98 Å². The molecule has 0 spiro atoms. The second-order valence-electron chi connectivity index (χ2n) is 3.64. The fourth-order valence-corrected chi connectivity index (χ4v) is 0.944. The Balaban J connectivity index is 2.89. The van der Waals surface area contributed by atoms with Crippen molar-refractivity contribution >= 4 is 11.6 Å². The molecule has 0 fully saturated rings. The van der Waals surface area contributed by atoms with Crippen molar-refractivity contribution in [2.75, 3.05) is 0 Å². The number of hydrogen-bond donors (Lipinski definition) is 1. The third-order valence-corrected chi connectivity index (χ3v) is 1.77. The van der Waals surface area contributed by atoms with Gasteiger partial charge in [0.15, 0.2) is 0 Å². The summed E-state index contributed by atoms with van der Waals surface area (Å²) in [5.74, 6) is 1.50. The van der Waals surface area contributed by atoms with Crippen LogP contribution >= 0.6 is 11.6 Å². The number of rotatable bonds is 1. The van der Waals surface area contributed by atoms with E-state index in [0.717, 1.165) is 11.5 Å². The molecule has 0 saturated heterocycles. The zero-order valence-corrected chi connectivity index (χ0v) is 7.87. The van der Waals surface area contributed by atoms with E-state index in [1.807, 2.05) is 0 Å². The largest absolute Gasteiger partial charge is 0.344 e. The van der Waals surface area contributed by atoms with Crippen molar-refractivity contribution in [1.29, 1.82) is 0 Å². The van der Waals surface area contributed by atoms with Crippen LogP contribution in [0.2, 0.25) is 0 Å². The number of aromatic amines is 1. The monoisotopic (exact) mass is 172 g/mol. The van der Waals surface area contributed by atoms with Crippen molar-refractivity contribution in [3.63, 3.8) is 0 Å². The molecule has 0 aromatic carbocycles. The molecule has 1 heterocycles. The van der Waals surface area contributed by atoms with E-state index < -0.39 is 0 Å². The molecular weight excluding hydrogens is 160 g/mol. The topological polar surface area (TPSA) is 28.7 Å². The van der Waals surface area contributed by atoms with E-state index in [0.29, 0.717) is 5.88 Å². The van der Waals surface area contributed by atoms with Gasteiger partial charge in [-0.15, -0.1) is 11.6 Å². The first-order valence-electron chi connectivity index (χ1n) is 3.64. The lowest BCUT2D eigenvalue weighted by molar-refractivity contribution is 0.551. The van der Waals surface area contributed by atoms with Gasteiger partial charge in [0.05, 0.1) is 5.88 Å². The highest BCUT2D eigenvalue weighted by Crippen LogP contribution is 2.18.